The number of benzene rings is 1. The van der Waals surface area contributed by atoms with Gasteiger partial charge in [0.1, 0.15) is 5.82 Å². The zero-order valence-electron chi connectivity index (χ0n) is 8.04. The highest BCUT2D eigenvalue weighted by Crippen LogP contribution is 2.16. The van der Waals surface area contributed by atoms with Crippen molar-refractivity contribution in [3.63, 3.8) is 0 Å². The minimum Gasteiger partial charge on any atom is -0.467 e. The van der Waals surface area contributed by atoms with E-state index < -0.39 is 17.9 Å². The molecule has 0 aliphatic carbocycles. The lowest BCUT2D eigenvalue weighted by Crippen LogP contribution is -2.24. The van der Waals surface area contributed by atoms with Gasteiger partial charge in [0.2, 0.25) is 0 Å². The summed E-state index contributed by atoms with van der Waals surface area (Å²) in [6.45, 7) is 0. The molecular weight excluding hydrogens is 267 g/mol. The van der Waals surface area contributed by atoms with E-state index in [1.807, 2.05) is 0 Å². The molecule has 1 rings (SSSR count). The SMILES string of the molecule is COC(=O)C(O)Cc1cc(F)cc(Br)c1. The molecule has 0 aliphatic heterocycles. The van der Waals surface area contributed by atoms with Crippen molar-refractivity contribution in [3.8, 4) is 0 Å². The standard InChI is InChI=1S/C10H10BrFO3/c1-15-10(14)9(13)4-6-2-7(11)5-8(12)3-6/h2-3,5,9,13H,4H2,1H3. The Balaban J connectivity index is 2.76. The second kappa shape index (κ2) is 5.23. The molecule has 0 heterocycles. The normalized spacial score (nSPS) is 12.3. The molecule has 0 aromatic heterocycles. The summed E-state index contributed by atoms with van der Waals surface area (Å²) in [6.07, 6.45) is -1.23. The van der Waals surface area contributed by atoms with E-state index in [2.05, 4.69) is 20.7 Å². The van der Waals surface area contributed by atoms with Gasteiger partial charge in [-0.1, -0.05) is 15.9 Å². The van der Waals surface area contributed by atoms with Crippen molar-refractivity contribution in [2.75, 3.05) is 7.11 Å². The van der Waals surface area contributed by atoms with Crippen LogP contribution in [0.1, 0.15) is 5.56 Å². The number of esters is 1. The fourth-order valence-corrected chi connectivity index (χ4v) is 1.68. The lowest BCUT2D eigenvalue weighted by atomic mass is 10.1. The molecule has 5 heteroatoms. The molecule has 1 unspecified atom stereocenters. The Morgan fingerprint density at radius 3 is 2.80 bits per heavy atom. The summed E-state index contributed by atoms with van der Waals surface area (Å²) < 4.78 is 17.8. The molecule has 1 atom stereocenters. The molecule has 0 aliphatic rings. The molecule has 15 heavy (non-hydrogen) atoms. The van der Waals surface area contributed by atoms with Crippen LogP contribution in [0, 0.1) is 5.82 Å². The molecule has 82 valence electrons. The number of halogens is 2. The van der Waals surface area contributed by atoms with Gasteiger partial charge in [-0.25, -0.2) is 9.18 Å². The number of rotatable bonds is 3. The van der Waals surface area contributed by atoms with E-state index in [0.717, 1.165) is 0 Å². The van der Waals surface area contributed by atoms with Gasteiger partial charge >= 0.3 is 5.97 Å². The van der Waals surface area contributed by atoms with Crippen LogP contribution in [-0.2, 0) is 16.0 Å². The minimum absolute atomic E-state index is 0.0308. The average Bonchev–Trinajstić information content (AvgIpc) is 2.14. The van der Waals surface area contributed by atoms with Gasteiger partial charge in [0.15, 0.2) is 6.10 Å². The van der Waals surface area contributed by atoms with Crippen molar-refractivity contribution in [2.45, 2.75) is 12.5 Å². The molecule has 0 spiro atoms. The zero-order valence-corrected chi connectivity index (χ0v) is 9.62. The fourth-order valence-electron chi connectivity index (χ4n) is 1.17. The van der Waals surface area contributed by atoms with Crippen LogP contribution in [0.15, 0.2) is 22.7 Å². The van der Waals surface area contributed by atoms with E-state index in [1.165, 1.54) is 19.2 Å². The van der Waals surface area contributed by atoms with Gasteiger partial charge in [-0.15, -0.1) is 0 Å². The Morgan fingerprint density at radius 2 is 2.27 bits per heavy atom. The van der Waals surface area contributed by atoms with E-state index in [0.29, 0.717) is 10.0 Å². The maximum absolute atomic E-state index is 12.9. The highest BCUT2D eigenvalue weighted by Gasteiger charge is 2.16. The maximum Gasteiger partial charge on any atom is 0.335 e. The topological polar surface area (TPSA) is 46.5 Å². The van der Waals surface area contributed by atoms with Crippen molar-refractivity contribution in [2.24, 2.45) is 0 Å². The molecule has 0 bridgehead atoms. The molecule has 0 amide bonds. The number of carbonyl (C=O) groups excluding carboxylic acids is 1. The molecule has 3 nitrogen and oxygen atoms in total. The van der Waals surface area contributed by atoms with Crippen LogP contribution in [0.25, 0.3) is 0 Å². The second-order valence-electron chi connectivity index (χ2n) is 3.02. The number of carbonyl (C=O) groups is 1. The summed E-state index contributed by atoms with van der Waals surface area (Å²) in [5.74, 6) is -1.15. The number of methoxy groups -OCH3 is 1. The first-order chi connectivity index (χ1) is 7.02. The summed E-state index contributed by atoms with van der Waals surface area (Å²) in [5.41, 5.74) is 0.528. The lowest BCUT2D eigenvalue weighted by molar-refractivity contribution is -0.150. The van der Waals surface area contributed by atoms with E-state index in [9.17, 15) is 14.3 Å². The number of ether oxygens (including phenoxy) is 1. The average molecular weight is 277 g/mol. The fraction of sp³-hybridized carbons (Fsp3) is 0.300. The van der Waals surface area contributed by atoms with Crippen LogP contribution >= 0.6 is 15.9 Å². The molecule has 0 fully saturated rings. The summed E-state index contributed by atoms with van der Waals surface area (Å²) >= 11 is 3.12. The first kappa shape index (κ1) is 12.1. The number of aliphatic hydroxyl groups is 1. The maximum atomic E-state index is 12.9. The summed E-state index contributed by atoms with van der Waals surface area (Å²) in [5, 5.41) is 9.34. The minimum atomic E-state index is -1.26. The van der Waals surface area contributed by atoms with Crippen LogP contribution in [0.5, 0.6) is 0 Å². The Morgan fingerprint density at radius 1 is 1.60 bits per heavy atom. The third-order valence-electron chi connectivity index (χ3n) is 1.82. The van der Waals surface area contributed by atoms with Gasteiger partial charge in [-0.3, -0.25) is 0 Å². The van der Waals surface area contributed by atoms with Crippen LogP contribution in [0.3, 0.4) is 0 Å². The van der Waals surface area contributed by atoms with Crippen LogP contribution < -0.4 is 0 Å². The van der Waals surface area contributed by atoms with E-state index in [4.69, 9.17) is 0 Å². The second-order valence-corrected chi connectivity index (χ2v) is 3.94. The zero-order chi connectivity index (χ0) is 11.4. The number of hydrogen-bond donors (Lipinski definition) is 1. The van der Waals surface area contributed by atoms with Gasteiger partial charge < -0.3 is 9.84 Å². The van der Waals surface area contributed by atoms with Crippen LogP contribution in [0.2, 0.25) is 0 Å². The largest absolute Gasteiger partial charge is 0.467 e. The molecular formula is C10H10BrFO3. The van der Waals surface area contributed by atoms with Crippen LogP contribution in [0.4, 0.5) is 4.39 Å². The van der Waals surface area contributed by atoms with Crippen molar-refractivity contribution in [3.05, 3.63) is 34.1 Å². The Labute approximate surface area is 95.0 Å². The predicted molar refractivity (Wildman–Crippen MR) is 55.8 cm³/mol. The van der Waals surface area contributed by atoms with Gasteiger partial charge in [-0.2, -0.15) is 0 Å². The van der Waals surface area contributed by atoms with E-state index in [1.54, 1.807) is 6.07 Å². The molecule has 1 aromatic carbocycles. The molecule has 1 aromatic rings. The number of hydrogen-bond acceptors (Lipinski definition) is 3. The van der Waals surface area contributed by atoms with Gasteiger partial charge in [-0.05, 0) is 23.8 Å². The quantitative estimate of drug-likeness (QED) is 0.855. The molecule has 1 N–H and O–H groups in total. The highest BCUT2D eigenvalue weighted by atomic mass is 79.9. The third-order valence-corrected chi connectivity index (χ3v) is 2.28. The number of aliphatic hydroxyl groups excluding tert-OH is 1. The van der Waals surface area contributed by atoms with Crippen molar-refractivity contribution in [1.29, 1.82) is 0 Å². The van der Waals surface area contributed by atoms with E-state index >= 15 is 0 Å². The van der Waals surface area contributed by atoms with Crippen molar-refractivity contribution in [1.82, 2.24) is 0 Å². The smallest absolute Gasteiger partial charge is 0.335 e. The molecule has 0 saturated carbocycles. The third kappa shape index (κ3) is 3.60. The Kier molecular flexibility index (Phi) is 4.23. The lowest BCUT2D eigenvalue weighted by Gasteiger charge is -2.08. The van der Waals surface area contributed by atoms with Crippen molar-refractivity contribution < 1.29 is 19.0 Å². The van der Waals surface area contributed by atoms with Gasteiger partial charge in [0.25, 0.3) is 0 Å². The predicted octanol–water partition coefficient (Wildman–Crippen LogP) is 1.66. The summed E-state index contributed by atoms with van der Waals surface area (Å²) in [6, 6.07) is 4.19. The summed E-state index contributed by atoms with van der Waals surface area (Å²) in [4.78, 5) is 10.9. The molecule has 0 radical (unpaired) electrons. The monoisotopic (exact) mass is 276 g/mol. The first-order valence-corrected chi connectivity index (χ1v) is 5.03. The Hall–Kier alpha value is -0.940. The van der Waals surface area contributed by atoms with E-state index in [-0.39, 0.29) is 6.42 Å². The first-order valence-electron chi connectivity index (χ1n) is 4.24. The Bertz CT molecular complexity index is 347. The summed E-state index contributed by atoms with van der Waals surface area (Å²) in [7, 11) is 1.19. The van der Waals surface area contributed by atoms with Gasteiger partial charge in [0, 0.05) is 10.9 Å². The van der Waals surface area contributed by atoms with Gasteiger partial charge in [0.05, 0.1) is 7.11 Å². The molecule has 0 saturated heterocycles. The highest BCUT2D eigenvalue weighted by molar-refractivity contribution is 9.10. The van der Waals surface area contributed by atoms with Crippen molar-refractivity contribution >= 4 is 21.9 Å². The van der Waals surface area contributed by atoms with Crippen LogP contribution in [-0.4, -0.2) is 24.3 Å².